The predicted molar refractivity (Wildman–Crippen MR) is 73.3 cm³/mol. The van der Waals surface area contributed by atoms with E-state index < -0.39 is 16.1 Å². The van der Waals surface area contributed by atoms with Gasteiger partial charge in [-0.25, -0.2) is 8.42 Å². The molecule has 7 heteroatoms. The molecule has 4 nitrogen and oxygen atoms in total. The number of likely N-dealkylation sites (N-methyl/N-ethyl adjacent to an activating group) is 1. The van der Waals surface area contributed by atoms with Gasteiger partial charge in [0.2, 0.25) is 10.0 Å². The summed E-state index contributed by atoms with van der Waals surface area (Å²) < 4.78 is 26.7. The van der Waals surface area contributed by atoms with Gasteiger partial charge in [0, 0.05) is 22.5 Å². The number of halogens is 2. The van der Waals surface area contributed by atoms with E-state index >= 15 is 0 Å². The van der Waals surface area contributed by atoms with E-state index in [1.165, 1.54) is 13.1 Å². The van der Waals surface area contributed by atoms with Gasteiger partial charge in [0.05, 0.1) is 11.0 Å². The predicted octanol–water partition coefficient (Wildman–Crippen LogP) is 2.21. The molecule has 0 amide bonds. The Morgan fingerprint density at radius 2 is 2.00 bits per heavy atom. The van der Waals surface area contributed by atoms with E-state index in [1.54, 1.807) is 19.1 Å². The maximum Gasteiger partial charge on any atom is 0.244 e. The Morgan fingerprint density at radius 3 is 2.53 bits per heavy atom. The summed E-state index contributed by atoms with van der Waals surface area (Å²) in [5.74, 6) is 0. The minimum atomic E-state index is -3.59. The van der Waals surface area contributed by atoms with Crippen molar-refractivity contribution in [3.8, 4) is 0 Å². The summed E-state index contributed by atoms with van der Waals surface area (Å²) in [7, 11) is -2.15. The lowest BCUT2D eigenvalue weighted by Gasteiger charge is -2.19. The van der Waals surface area contributed by atoms with E-state index in [4.69, 9.17) is 0 Å². The minimum Gasteiger partial charge on any atom is -0.392 e. The van der Waals surface area contributed by atoms with Gasteiger partial charge in [-0.15, -0.1) is 0 Å². The standard InChI is InChI=1S/C10H13Br2NO3S/c1-7(14)6-13(2)17(15,16)10-5-8(11)3-4-9(10)12/h3-5,7,14H,6H2,1-2H3/t7-/m1/s1. The van der Waals surface area contributed by atoms with Gasteiger partial charge in [-0.2, -0.15) is 4.31 Å². The highest BCUT2D eigenvalue weighted by Gasteiger charge is 2.24. The monoisotopic (exact) mass is 385 g/mol. The normalized spacial score (nSPS) is 14.0. The third-order valence-corrected chi connectivity index (χ3v) is 5.41. The first kappa shape index (κ1) is 15.1. The van der Waals surface area contributed by atoms with Crippen LogP contribution >= 0.6 is 31.9 Å². The summed E-state index contributed by atoms with van der Waals surface area (Å²) in [6.07, 6.45) is -0.708. The topological polar surface area (TPSA) is 57.6 Å². The summed E-state index contributed by atoms with van der Waals surface area (Å²) >= 11 is 6.45. The number of aliphatic hydroxyl groups is 1. The third-order valence-electron chi connectivity index (χ3n) is 2.10. The second-order valence-corrected chi connectivity index (χ2v) is 7.49. The van der Waals surface area contributed by atoms with E-state index in [-0.39, 0.29) is 11.4 Å². The molecular weight excluding hydrogens is 374 g/mol. The highest BCUT2D eigenvalue weighted by Crippen LogP contribution is 2.27. The molecule has 0 radical (unpaired) electrons. The fourth-order valence-corrected chi connectivity index (χ4v) is 4.02. The van der Waals surface area contributed by atoms with Gasteiger partial charge in [0.1, 0.15) is 0 Å². The Labute approximate surface area is 118 Å². The smallest absolute Gasteiger partial charge is 0.244 e. The maximum atomic E-state index is 12.2. The van der Waals surface area contributed by atoms with Crippen molar-refractivity contribution in [3.05, 3.63) is 27.1 Å². The quantitative estimate of drug-likeness (QED) is 0.862. The van der Waals surface area contributed by atoms with Crippen molar-refractivity contribution in [3.63, 3.8) is 0 Å². The molecule has 1 N–H and O–H groups in total. The number of rotatable bonds is 4. The van der Waals surface area contributed by atoms with Crippen LogP contribution in [0.5, 0.6) is 0 Å². The zero-order chi connectivity index (χ0) is 13.2. The van der Waals surface area contributed by atoms with Crippen molar-refractivity contribution < 1.29 is 13.5 Å². The van der Waals surface area contributed by atoms with Crippen molar-refractivity contribution in [1.82, 2.24) is 4.31 Å². The van der Waals surface area contributed by atoms with Gasteiger partial charge in [0.25, 0.3) is 0 Å². The molecule has 1 atom stereocenters. The molecule has 1 rings (SSSR count). The van der Waals surface area contributed by atoms with Crippen LogP contribution in [0.1, 0.15) is 6.92 Å². The molecule has 0 saturated heterocycles. The van der Waals surface area contributed by atoms with Crippen LogP contribution in [0.25, 0.3) is 0 Å². The van der Waals surface area contributed by atoms with Gasteiger partial charge < -0.3 is 5.11 Å². The second kappa shape index (κ2) is 5.79. The molecule has 0 aliphatic heterocycles. The van der Waals surface area contributed by atoms with Crippen LogP contribution in [-0.4, -0.2) is 37.5 Å². The lowest BCUT2D eigenvalue weighted by molar-refractivity contribution is 0.171. The molecule has 17 heavy (non-hydrogen) atoms. The van der Waals surface area contributed by atoms with E-state index in [1.807, 2.05) is 0 Å². The summed E-state index contributed by atoms with van der Waals surface area (Å²) in [5, 5.41) is 9.23. The van der Waals surface area contributed by atoms with Crippen LogP contribution in [0.15, 0.2) is 32.0 Å². The average molecular weight is 387 g/mol. The highest BCUT2D eigenvalue weighted by atomic mass is 79.9. The lowest BCUT2D eigenvalue weighted by Crippen LogP contribution is -2.33. The van der Waals surface area contributed by atoms with Crippen molar-refractivity contribution in [2.24, 2.45) is 0 Å². The van der Waals surface area contributed by atoms with E-state index in [9.17, 15) is 13.5 Å². The maximum absolute atomic E-state index is 12.2. The fraction of sp³-hybridized carbons (Fsp3) is 0.400. The van der Waals surface area contributed by atoms with Crippen molar-refractivity contribution >= 4 is 41.9 Å². The number of benzene rings is 1. The van der Waals surface area contributed by atoms with E-state index in [0.717, 1.165) is 4.31 Å². The molecule has 96 valence electrons. The average Bonchev–Trinajstić information content (AvgIpc) is 2.20. The van der Waals surface area contributed by atoms with Crippen LogP contribution in [0.4, 0.5) is 0 Å². The summed E-state index contributed by atoms with van der Waals surface area (Å²) in [6.45, 7) is 1.60. The number of hydrogen-bond donors (Lipinski definition) is 1. The molecule has 0 bridgehead atoms. The van der Waals surface area contributed by atoms with Gasteiger partial charge in [-0.3, -0.25) is 0 Å². The first-order chi connectivity index (χ1) is 7.75. The zero-order valence-electron chi connectivity index (χ0n) is 9.39. The molecule has 0 spiro atoms. The molecule has 0 aromatic heterocycles. The van der Waals surface area contributed by atoms with Crippen LogP contribution in [0, 0.1) is 0 Å². The zero-order valence-corrected chi connectivity index (χ0v) is 13.4. The number of nitrogens with zero attached hydrogens (tertiary/aromatic N) is 1. The number of aliphatic hydroxyl groups excluding tert-OH is 1. The molecule has 0 aliphatic rings. The minimum absolute atomic E-state index is 0.0568. The highest BCUT2D eigenvalue weighted by molar-refractivity contribution is 9.11. The Bertz CT molecular complexity index is 502. The van der Waals surface area contributed by atoms with Crippen molar-refractivity contribution in [2.45, 2.75) is 17.9 Å². The number of sulfonamides is 1. The van der Waals surface area contributed by atoms with Crippen LogP contribution in [0.3, 0.4) is 0 Å². The van der Waals surface area contributed by atoms with Crippen molar-refractivity contribution in [1.29, 1.82) is 0 Å². The van der Waals surface area contributed by atoms with Crippen LogP contribution in [-0.2, 0) is 10.0 Å². The van der Waals surface area contributed by atoms with E-state index in [2.05, 4.69) is 31.9 Å². The molecule has 0 saturated carbocycles. The first-order valence-electron chi connectivity index (χ1n) is 4.84. The SMILES string of the molecule is C[C@@H](O)CN(C)S(=O)(=O)c1cc(Br)ccc1Br. The summed E-state index contributed by atoms with van der Waals surface area (Å²) in [6, 6.07) is 4.93. The molecular formula is C10H13Br2NO3S. The fourth-order valence-electron chi connectivity index (χ4n) is 1.31. The van der Waals surface area contributed by atoms with Gasteiger partial charge in [-0.1, -0.05) is 15.9 Å². The third kappa shape index (κ3) is 3.75. The van der Waals surface area contributed by atoms with Gasteiger partial charge in [0.15, 0.2) is 0 Å². The van der Waals surface area contributed by atoms with Crippen molar-refractivity contribution in [2.75, 3.05) is 13.6 Å². The molecule has 1 aromatic rings. The molecule has 1 aromatic carbocycles. The molecule has 0 unspecified atom stereocenters. The summed E-state index contributed by atoms with van der Waals surface area (Å²) in [4.78, 5) is 0.176. The largest absolute Gasteiger partial charge is 0.392 e. The van der Waals surface area contributed by atoms with Gasteiger partial charge in [-0.05, 0) is 41.1 Å². The molecule has 0 fully saturated rings. The Morgan fingerprint density at radius 1 is 1.41 bits per heavy atom. The van der Waals surface area contributed by atoms with Crippen LogP contribution < -0.4 is 0 Å². The Kier molecular flexibility index (Phi) is 5.15. The number of hydrogen-bond acceptors (Lipinski definition) is 3. The lowest BCUT2D eigenvalue weighted by atomic mass is 10.4. The second-order valence-electron chi connectivity index (χ2n) is 3.71. The van der Waals surface area contributed by atoms with E-state index in [0.29, 0.717) is 8.95 Å². The Balaban J connectivity index is 3.17. The van der Waals surface area contributed by atoms with Gasteiger partial charge >= 0.3 is 0 Å². The Hall–Kier alpha value is 0.0500. The summed E-state index contributed by atoms with van der Waals surface area (Å²) in [5.41, 5.74) is 0. The van der Waals surface area contributed by atoms with Crippen LogP contribution in [0.2, 0.25) is 0 Å². The molecule has 0 aliphatic carbocycles. The first-order valence-corrected chi connectivity index (χ1v) is 7.87. The molecule has 0 heterocycles.